The molecule has 3 atom stereocenters. The van der Waals surface area contributed by atoms with E-state index < -0.39 is 117 Å². The van der Waals surface area contributed by atoms with E-state index >= 15 is 0 Å². The Hall–Kier alpha value is -5.39. The molecule has 3 fully saturated rings. The number of piperazine rings is 1. The van der Waals surface area contributed by atoms with Gasteiger partial charge >= 0.3 is 29.7 Å². The molecule has 25 heteroatoms. The second kappa shape index (κ2) is 13.6. The third-order valence-electron chi connectivity index (χ3n) is 7.82. The molecule has 3 aliphatic heterocycles. The van der Waals surface area contributed by atoms with Crippen LogP contribution in [0.15, 0.2) is 17.3 Å². The van der Waals surface area contributed by atoms with Crippen LogP contribution in [0.5, 0.6) is 11.5 Å². The number of anilines is 1. The summed E-state index contributed by atoms with van der Waals surface area (Å²) in [6.45, 7) is 0.622. The molecule has 5 amide bonds. The molecule has 5 rings (SSSR count). The number of aliphatic carboxylic acids is 2. The second-order valence-corrected chi connectivity index (χ2v) is 14.9. The normalized spacial score (nSPS) is 21.7. The molecule has 2 aromatic rings. The highest BCUT2D eigenvalue weighted by atomic mass is 35.5. The predicted octanol–water partition coefficient (Wildman–Crippen LogP) is -1.21. The fourth-order valence-electron chi connectivity index (χ4n) is 4.98. The minimum Gasteiger partial charge on any atom is -0.504 e. The third kappa shape index (κ3) is 6.46. The molecule has 52 heavy (non-hydrogen) atoms. The number of phenolic OH excluding ortho intramolecular Hbond substituents is 2. The second-order valence-electron chi connectivity index (χ2n) is 11.5. The highest BCUT2D eigenvalue weighted by Crippen LogP contribution is 2.49. The number of phenols is 2. The van der Waals surface area contributed by atoms with Crippen LogP contribution in [0.4, 0.5) is 5.13 Å². The number of rotatable bonds is 11. The van der Waals surface area contributed by atoms with E-state index in [0.29, 0.717) is 21.7 Å². The fourth-order valence-corrected chi connectivity index (χ4v) is 7.80. The van der Waals surface area contributed by atoms with Crippen LogP contribution in [0.2, 0.25) is 9.36 Å². The van der Waals surface area contributed by atoms with E-state index in [1.807, 2.05) is 5.43 Å². The van der Waals surface area contributed by atoms with E-state index in [9.17, 15) is 58.8 Å². The molecule has 1 aromatic heterocycles. The minimum absolute atomic E-state index is 0.0889. The van der Waals surface area contributed by atoms with Crippen molar-refractivity contribution < 1.29 is 63.6 Å². The number of hydrazine groups is 1. The number of carbonyl (C=O) groups is 8. The molecule has 0 unspecified atom stereocenters. The van der Waals surface area contributed by atoms with Crippen LogP contribution in [-0.2, 0) is 38.4 Å². The molecular formula is C27H24Cl2N8O13S2. The number of nitrogen functional groups attached to an aromatic ring is 1. The Balaban J connectivity index is 1.31. The summed E-state index contributed by atoms with van der Waals surface area (Å²) in [5.41, 5.74) is 4.19. The van der Waals surface area contributed by atoms with Crippen LogP contribution in [-0.4, -0.2) is 135 Å². The van der Waals surface area contributed by atoms with Crippen LogP contribution in [0.1, 0.15) is 29.9 Å². The minimum atomic E-state index is -2.26. The zero-order valence-corrected chi connectivity index (χ0v) is 29.4. The number of oxime groups is 1. The van der Waals surface area contributed by atoms with E-state index in [0.717, 1.165) is 42.2 Å². The van der Waals surface area contributed by atoms with Crippen molar-refractivity contribution in [3.05, 3.63) is 32.7 Å². The number of hydrogen-bond acceptors (Lipinski definition) is 16. The summed E-state index contributed by atoms with van der Waals surface area (Å²) in [5, 5.41) is 43.6. The smallest absolute Gasteiger partial charge is 0.350 e. The van der Waals surface area contributed by atoms with Crippen molar-refractivity contribution in [3.63, 3.8) is 0 Å². The first-order chi connectivity index (χ1) is 24.2. The van der Waals surface area contributed by atoms with E-state index in [2.05, 4.69) is 15.5 Å². The lowest BCUT2D eigenvalue weighted by molar-refractivity contribution is -0.167. The number of aromatic nitrogens is 1. The number of carboxylic acid groups (broad SMARTS) is 2. The quantitative estimate of drug-likeness (QED) is 0.0350. The maximum Gasteiger partial charge on any atom is 0.350 e. The highest BCUT2D eigenvalue weighted by molar-refractivity contribution is 8.02. The van der Waals surface area contributed by atoms with Gasteiger partial charge in [0.15, 0.2) is 22.3 Å². The van der Waals surface area contributed by atoms with Gasteiger partial charge in [-0.25, -0.2) is 19.6 Å². The number of thioether (sulfide) groups is 1. The van der Waals surface area contributed by atoms with Crippen LogP contribution in [0.3, 0.4) is 0 Å². The number of benzene rings is 1. The van der Waals surface area contributed by atoms with Crippen LogP contribution in [0, 0.1) is 0 Å². The number of Topliss-reactive ketones (excluding diaryl/α,β-unsaturated/α-hetero) is 1. The van der Waals surface area contributed by atoms with E-state index in [1.54, 1.807) is 0 Å². The monoisotopic (exact) mass is 802 g/mol. The van der Waals surface area contributed by atoms with Gasteiger partial charge in [-0.3, -0.25) is 34.2 Å². The number of carboxylic acids is 2. The Morgan fingerprint density at radius 1 is 1.08 bits per heavy atom. The molecular weight excluding hydrogens is 779 g/mol. The van der Waals surface area contributed by atoms with Crippen molar-refractivity contribution in [1.29, 1.82) is 0 Å². The van der Waals surface area contributed by atoms with Gasteiger partial charge < -0.3 is 46.1 Å². The average molecular weight is 804 g/mol. The molecule has 4 heterocycles. The average Bonchev–Trinajstić information content (AvgIpc) is 3.61. The number of fused-ring (bicyclic) bond motifs is 1. The standard InChI is InChI=1S/C27H24Cl2N8O13S2/c1-26(2,23(46)47)50-34-12(11-16(29)51-25(30)32-11)17(41)31-13-19(43)35-7-27(24(48)49,52-22(13)35)36-5-6-37(21(45)20(36)44)33-18(42)14(39)8-3-4-9(38)15(40)10(8)28/h3-4,13,22,38,40H,5-7H2,1-2H3,(H2,30,32)(H,31,41)(H,33,42)(H,46,47)(H,48,49)/b34-12-/t13-,22-,27-/m1/s1. The molecule has 8 N–H and O–H groups in total. The van der Waals surface area contributed by atoms with E-state index in [4.69, 9.17) is 33.8 Å². The first kappa shape index (κ1) is 37.9. The van der Waals surface area contributed by atoms with Gasteiger partial charge in [-0.05, 0) is 26.0 Å². The van der Waals surface area contributed by atoms with Gasteiger partial charge in [0.1, 0.15) is 21.4 Å². The summed E-state index contributed by atoms with van der Waals surface area (Å²) in [7, 11) is 0. The number of aromatic hydroxyl groups is 2. The number of nitrogens with one attached hydrogen (secondary N) is 2. The Bertz CT molecular complexity index is 2010. The number of amides is 5. The van der Waals surface area contributed by atoms with Gasteiger partial charge in [0, 0.05) is 6.54 Å². The van der Waals surface area contributed by atoms with Crippen molar-refractivity contribution in [2.75, 3.05) is 25.4 Å². The first-order valence-electron chi connectivity index (χ1n) is 14.3. The molecule has 0 spiro atoms. The number of carbonyl (C=O) groups excluding carboxylic acids is 6. The molecule has 0 radical (unpaired) electrons. The zero-order chi connectivity index (χ0) is 38.6. The van der Waals surface area contributed by atoms with Crippen molar-refractivity contribution in [1.82, 2.24) is 30.5 Å². The third-order valence-corrected chi connectivity index (χ3v) is 11.0. The van der Waals surface area contributed by atoms with E-state index in [1.165, 1.54) is 0 Å². The van der Waals surface area contributed by atoms with Crippen molar-refractivity contribution >= 4 is 104 Å². The molecule has 276 valence electrons. The zero-order valence-electron chi connectivity index (χ0n) is 26.3. The summed E-state index contributed by atoms with van der Waals surface area (Å²) in [5.74, 6) is -12.2. The number of thiazole rings is 1. The molecule has 3 saturated heterocycles. The summed E-state index contributed by atoms with van der Waals surface area (Å²) < 4.78 is -0.129. The van der Waals surface area contributed by atoms with Crippen LogP contribution in [0.25, 0.3) is 0 Å². The molecule has 0 bridgehead atoms. The van der Waals surface area contributed by atoms with Crippen molar-refractivity contribution in [3.8, 4) is 11.5 Å². The van der Waals surface area contributed by atoms with Gasteiger partial charge in [-0.2, -0.15) is 0 Å². The lowest BCUT2D eigenvalue weighted by Gasteiger charge is -2.41. The molecule has 0 aliphatic carbocycles. The highest BCUT2D eigenvalue weighted by Gasteiger charge is 2.66. The van der Waals surface area contributed by atoms with Gasteiger partial charge in [-0.15, -0.1) is 0 Å². The van der Waals surface area contributed by atoms with Crippen LogP contribution < -0.4 is 16.5 Å². The Morgan fingerprint density at radius 2 is 1.75 bits per heavy atom. The SMILES string of the molecule is CC(C)(O/N=C(\C(=O)N[C@@H]1C(=O)N2C[C@@](C(=O)O)(N3CCN(NC(=O)C(=O)c4ccc(O)c(O)c4Cl)C(=O)C3=O)S[C@H]12)c1nc(N)sc1Cl)C(=O)O. The van der Waals surface area contributed by atoms with Gasteiger partial charge in [0.05, 0.1) is 23.7 Å². The van der Waals surface area contributed by atoms with Crippen molar-refractivity contribution in [2.24, 2.45) is 5.16 Å². The number of nitrogens with zero attached hydrogens (tertiary/aromatic N) is 5. The van der Waals surface area contributed by atoms with Crippen LogP contribution >= 0.6 is 46.3 Å². The molecule has 21 nitrogen and oxygen atoms in total. The summed E-state index contributed by atoms with van der Waals surface area (Å²) in [4.78, 5) is 111. The Kier molecular flexibility index (Phi) is 9.92. The van der Waals surface area contributed by atoms with Crippen molar-refractivity contribution in [2.45, 2.75) is 35.7 Å². The fraction of sp³-hybridized carbons (Fsp3) is 0.333. The predicted molar refractivity (Wildman–Crippen MR) is 177 cm³/mol. The molecule has 0 saturated carbocycles. The lowest BCUT2D eigenvalue weighted by atomic mass is 10.0. The number of nitrogens with two attached hydrogens (primary N) is 1. The summed E-state index contributed by atoms with van der Waals surface area (Å²) in [6, 6.07) is 0.403. The summed E-state index contributed by atoms with van der Waals surface area (Å²) in [6.07, 6.45) is 0. The number of halogens is 2. The van der Waals surface area contributed by atoms with Gasteiger partial charge in [-0.1, -0.05) is 51.5 Å². The Morgan fingerprint density at radius 3 is 2.35 bits per heavy atom. The Labute approximate surface area is 308 Å². The number of hydrogen-bond donors (Lipinski definition) is 7. The molecule has 3 aliphatic rings. The van der Waals surface area contributed by atoms with E-state index in [-0.39, 0.29) is 15.2 Å². The molecule has 1 aromatic carbocycles. The van der Waals surface area contributed by atoms with Gasteiger partial charge in [0.25, 0.3) is 11.7 Å². The van der Waals surface area contributed by atoms with Gasteiger partial charge in [0.2, 0.25) is 16.4 Å². The number of β-lactam (4-membered cyclic amide) rings is 1. The largest absolute Gasteiger partial charge is 0.504 e. The lowest BCUT2D eigenvalue weighted by Crippen LogP contribution is -2.69. The summed E-state index contributed by atoms with van der Waals surface area (Å²) >= 11 is 13.3. The maximum absolute atomic E-state index is 13.4. The topological polar surface area (TPSA) is 312 Å². The number of ketones is 1. The maximum atomic E-state index is 13.4. The first-order valence-corrected chi connectivity index (χ1v) is 16.8.